The largest absolute Gasteiger partial charge is 0.496 e. The van der Waals surface area contributed by atoms with Crippen LogP contribution in [-0.4, -0.2) is 17.9 Å². The van der Waals surface area contributed by atoms with E-state index in [0.717, 1.165) is 10.8 Å². The van der Waals surface area contributed by atoms with Gasteiger partial charge < -0.3 is 10.5 Å². The van der Waals surface area contributed by atoms with Crippen LogP contribution in [0.25, 0.3) is 10.8 Å². The van der Waals surface area contributed by atoms with E-state index in [1.807, 2.05) is 12.1 Å². The molecule has 4 heteroatoms. The summed E-state index contributed by atoms with van der Waals surface area (Å²) >= 11 is 0. The zero-order chi connectivity index (χ0) is 10.8. The van der Waals surface area contributed by atoms with Crippen LogP contribution in [-0.2, 0) is 0 Å². The molecule has 0 saturated heterocycles. The number of nitrogen functional groups attached to an aromatic ring is 1. The lowest BCUT2D eigenvalue weighted by atomic mass is 10.0. The molecule has 2 aromatic rings. The molecule has 1 aromatic carbocycles. The highest BCUT2D eigenvalue weighted by molar-refractivity contribution is 6.09. The minimum atomic E-state index is 0.00338. The fraction of sp³-hybridized carbons (Fsp3) is 0.0909. The van der Waals surface area contributed by atoms with Gasteiger partial charge in [0.2, 0.25) is 0 Å². The van der Waals surface area contributed by atoms with Crippen LogP contribution < -0.4 is 10.5 Å². The van der Waals surface area contributed by atoms with Gasteiger partial charge in [0.25, 0.3) is 0 Å². The van der Waals surface area contributed by atoms with Gasteiger partial charge in [-0.3, -0.25) is 10.4 Å². The molecule has 0 aliphatic heterocycles. The first-order valence-electron chi connectivity index (χ1n) is 4.49. The van der Waals surface area contributed by atoms with Crippen molar-refractivity contribution in [2.45, 2.75) is 0 Å². The number of benzene rings is 1. The van der Waals surface area contributed by atoms with Crippen LogP contribution in [0.2, 0.25) is 0 Å². The summed E-state index contributed by atoms with van der Waals surface area (Å²) in [5.74, 6) is 0.616. The first-order chi connectivity index (χ1) is 7.24. The molecule has 4 nitrogen and oxygen atoms in total. The molecule has 0 atom stereocenters. The smallest absolute Gasteiger partial charge is 0.130 e. The maximum Gasteiger partial charge on any atom is 0.130 e. The Kier molecular flexibility index (Phi) is 2.25. The molecule has 0 saturated carbocycles. The normalized spacial score (nSPS) is 10.2. The molecule has 0 amide bonds. The predicted molar refractivity (Wildman–Crippen MR) is 59.3 cm³/mol. The summed E-state index contributed by atoms with van der Waals surface area (Å²) in [6, 6.07) is 5.52. The van der Waals surface area contributed by atoms with Gasteiger partial charge in [-0.1, -0.05) is 0 Å². The zero-order valence-corrected chi connectivity index (χ0v) is 8.32. The lowest BCUT2D eigenvalue weighted by molar-refractivity contribution is 0.414. The van der Waals surface area contributed by atoms with Crippen LogP contribution in [0, 0.1) is 5.41 Å². The number of ether oxygens (including phenoxy) is 1. The Labute approximate surface area is 87.2 Å². The number of fused-ring (bicyclic) bond motifs is 1. The summed E-state index contributed by atoms with van der Waals surface area (Å²) in [5.41, 5.74) is 6.16. The van der Waals surface area contributed by atoms with Crippen molar-refractivity contribution in [3.8, 4) is 5.75 Å². The third kappa shape index (κ3) is 1.50. The number of rotatable bonds is 2. The standard InChI is InChI=1S/C11H11N3O/c1-15-9-3-2-7-6-14-5-4-8(7)10(9)11(12)13/h2-6H,1H3,(H3,12,13). The fourth-order valence-electron chi connectivity index (χ4n) is 1.60. The maximum absolute atomic E-state index is 7.54. The van der Waals surface area contributed by atoms with Crippen molar-refractivity contribution < 1.29 is 4.74 Å². The minimum Gasteiger partial charge on any atom is -0.496 e. The van der Waals surface area contributed by atoms with E-state index in [1.54, 1.807) is 25.6 Å². The summed E-state index contributed by atoms with van der Waals surface area (Å²) < 4.78 is 5.17. The summed E-state index contributed by atoms with van der Waals surface area (Å²) in [6.45, 7) is 0. The summed E-state index contributed by atoms with van der Waals surface area (Å²) in [5, 5.41) is 9.37. The van der Waals surface area contributed by atoms with Crippen molar-refractivity contribution in [2.24, 2.45) is 5.73 Å². The number of aromatic nitrogens is 1. The van der Waals surface area contributed by atoms with Crippen molar-refractivity contribution in [2.75, 3.05) is 7.11 Å². The Morgan fingerprint density at radius 3 is 2.87 bits per heavy atom. The first-order valence-corrected chi connectivity index (χ1v) is 4.49. The molecule has 2 rings (SSSR count). The van der Waals surface area contributed by atoms with E-state index in [2.05, 4.69) is 4.98 Å². The average molecular weight is 201 g/mol. The van der Waals surface area contributed by atoms with Gasteiger partial charge in [-0.25, -0.2) is 0 Å². The topological polar surface area (TPSA) is 72.0 Å². The maximum atomic E-state index is 7.54. The molecule has 0 radical (unpaired) electrons. The van der Waals surface area contributed by atoms with Gasteiger partial charge in [-0.2, -0.15) is 0 Å². The third-order valence-corrected chi connectivity index (χ3v) is 2.27. The van der Waals surface area contributed by atoms with Crippen LogP contribution in [0.4, 0.5) is 0 Å². The molecule has 1 aromatic heterocycles. The van der Waals surface area contributed by atoms with Crippen LogP contribution in [0.1, 0.15) is 5.56 Å². The zero-order valence-electron chi connectivity index (χ0n) is 8.32. The average Bonchev–Trinajstić information content (AvgIpc) is 2.27. The second-order valence-electron chi connectivity index (χ2n) is 3.15. The molecular weight excluding hydrogens is 190 g/mol. The van der Waals surface area contributed by atoms with Gasteiger partial charge in [-0.05, 0) is 23.6 Å². The number of hydrogen-bond acceptors (Lipinski definition) is 3. The Bertz CT molecular complexity index is 522. The van der Waals surface area contributed by atoms with Gasteiger partial charge in [0, 0.05) is 17.8 Å². The molecular formula is C11H11N3O. The highest BCUT2D eigenvalue weighted by Crippen LogP contribution is 2.26. The molecule has 0 unspecified atom stereocenters. The SMILES string of the molecule is COc1ccc2cnccc2c1C(=N)N. The number of amidine groups is 1. The Hall–Kier alpha value is -2.10. The number of pyridine rings is 1. The quantitative estimate of drug-likeness (QED) is 0.571. The summed E-state index contributed by atoms with van der Waals surface area (Å²) in [4.78, 5) is 4.02. The van der Waals surface area contributed by atoms with Crippen LogP contribution in [0.5, 0.6) is 5.75 Å². The highest BCUT2D eigenvalue weighted by atomic mass is 16.5. The Balaban J connectivity index is 2.85. The van der Waals surface area contributed by atoms with E-state index < -0.39 is 0 Å². The van der Waals surface area contributed by atoms with Gasteiger partial charge in [0.1, 0.15) is 11.6 Å². The predicted octanol–water partition coefficient (Wildman–Crippen LogP) is 1.53. The second-order valence-corrected chi connectivity index (χ2v) is 3.15. The number of nitrogens with one attached hydrogen (secondary N) is 1. The first kappa shape index (κ1) is 9.45. The molecule has 0 fully saturated rings. The van der Waals surface area contributed by atoms with E-state index in [1.165, 1.54) is 0 Å². The molecule has 0 aliphatic rings. The number of hydrogen-bond donors (Lipinski definition) is 2. The highest BCUT2D eigenvalue weighted by Gasteiger charge is 2.10. The second kappa shape index (κ2) is 3.57. The van der Waals surface area contributed by atoms with Crippen molar-refractivity contribution >= 4 is 16.6 Å². The van der Waals surface area contributed by atoms with Gasteiger partial charge >= 0.3 is 0 Å². The molecule has 0 aliphatic carbocycles. The Morgan fingerprint density at radius 2 is 2.20 bits per heavy atom. The van der Waals surface area contributed by atoms with E-state index in [-0.39, 0.29) is 5.84 Å². The van der Waals surface area contributed by atoms with Crippen molar-refractivity contribution in [3.05, 3.63) is 36.2 Å². The molecule has 0 bridgehead atoms. The lowest BCUT2D eigenvalue weighted by Crippen LogP contribution is -2.13. The van der Waals surface area contributed by atoms with E-state index in [4.69, 9.17) is 15.9 Å². The molecule has 76 valence electrons. The van der Waals surface area contributed by atoms with Crippen molar-refractivity contribution in [1.82, 2.24) is 4.98 Å². The molecule has 3 N–H and O–H groups in total. The number of nitrogens with two attached hydrogens (primary N) is 1. The van der Waals surface area contributed by atoms with E-state index >= 15 is 0 Å². The van der Waals surface area contributed by atoms with Crippen LogP contribution >= 0.6 is 0 Å². The summed E-state index contributed by atoms with van der Waals surface area (Å²) in [7, 11) is 1.56. The third-order valence-electron chi connectivity index (χ3n) is 2.27. The number of nitrogens with zero attached hydrogens (tertiary/aromatic N) is 1. The monoisotopic (exact) mass is 201 g/mol. The van der Waals surface area contributed by atoms with Gasteiger partial charge in [-0.15, -0.1) is 0 Å². The molecule has 0 spiro atoms. The van der Waals surface area contributed by atoms with E-state index in [0.29, 0.717) is 11.3 Å². The molecule has 1 heterocycles. The van der Waals surface area contributed by atoms with Crippen LogP contribution in [0.15, 0.2) is 30.6 Å². The lowest BCUT2D eigenvalue weighted by Gasteiger charge is -2.09. The van der Waals surface area contributed by atoms with Crippen molar-refractivity contribution in [3.63, 3.8) is 0 Å². The summed E-state index contributed by atoms with van der Waals surface area (Å²) in [6.07, 6.45) is 3.41. The van der Waals surface area contributed by atoms with Crippen LogP contribution in [0.3, 0.4) is 0 Å². The fourth-order valence-corrected chi connectivity index (χ4v) is 1.60. The molecule has 15 heavy (non-hydrogen) atoms. The van der Waals surface area contributed by atoms with Gasteiger partial charge in [0.05, 0.1) is 12.7 Å². The minimum absolute atomic E-state index is 0.00338. The van der Waals surface area contributed by atoms with E-state index in [9.17, 15) is 0 Å². The Morgan fingerprint density at radius 1 is 1.40 bits per heavy atom. The van der Waals surface area contributed by atoms with Gasteiger partial charge in [0.15, 0.2) is 0 Å². The number of methoxy groups -OCH3 is 1. The van der Waals surface area contributed by atoms with Crippen molar-refractivity contribution in [1.29, 1.82) is 5.41 Å².